The van der Waals surface area contributed by atoms with Crippen LogP contribution in [0.2, 0.25) is 0 Å². The second-order valence-electron chi connectivity index (χ2n) is 6.46. The zero-order valence-electron chi connectivity index (χ0n) is 16.1. The highest BCUT2D eigenvalue weighted by atomic mass is 32.1. The molecule has 2 aromatic rings. The van der Waals surface area contributed by atoms with Crippen LogP contribution in [0.3, 0.4) is 0 Å². The molecule has 0 unspecified atom stereocenters. The number of aryl methyl sites for hydroxylation is 1. The summed E-state index contributed by atoms with van der Waals surface area (Å²) in [5, 5.41) is 3.86. The molecule has 4 nitrogen and oxygen atoms in total. The minimum atomic E-state index is -0.346. The third-order valence-electron chi connectivity index (χ3n) is 4.59. The predicted molar refractivity (Wildman–Crippen MR) is 112 cm³/mol. The molecule has 0 atom stereocenters. The number of carbonyl (C=O) groups is 2. The smallest absolute Gasteiger partial charge is 0.268 e. The molecule has 1 aromatic carbocycles. The molecule has 28 heavy (non-hydrogen) atoms. The molecule has 0 radical (unpaired) electrons. The molecule has 0 saturated heterocycles. The minimum Gasteiger partial charge on any atom is -0.496 e. The zero-order valence-corrected chi connectivity index (χ0v) is 16.9. The predicted octanol–water partition coefficient (Wildman–Crippen LogP) is 4.12. The first kappa shape index (κ1) is 19.7. The summed E-state index contributed by atoms with van der Waals surface area (Å²) in [5.74, 6) is 5.95. The number of hydrogen-bond donors (Lipinski definition) is 0. The van der Waals surface area contributed by atoms with Gasteiger partial charge in [0, 0.05) is 23.6 Å². The lowest BCUT2D eigenvalue weighted by atomic mass is 10.0. The number of benzene rings is 1. The monoisotopic (exact) mass is 391 g/mol. The van der Waals surface area contributed by atoms with Crippen LogP contribution in [0.15, 0.2) is 46.7 Å². The van der Waals surface area contributed by atoms with Gasteiger partial charge in [0.1, 0.15) is 5.75 Å². The first-order valence-electron chi connectivity index (χ1n) is 8.93. The molecule has 2 amide bonds. The van der Waals surface area contributed by atoms with Crippen molar-refractivity contribution >= 4 is 29.2 Å². The number of methoxy groups -OCH3 is 1. The van der Waals surface area contributed by atoms with Crippen molar-refractivity contribution in [3.05, 3.63) is 68.9 Å². The molecule has 1 aromatic heterocycles. The van der Waals surface area contributed by atoms with Gasteiger partial charge in [0.15, 0.2) is 0 Å². The molecule has 1 aliphatic rings. The summed E-state index contributed by atoms with van der Waals surface area (Å²) in [5.41, 5.74) is 4.23. The highest BCUT2D eigenvalue weighted by Gasteiger charge is 2.25. The van der Waals surface area contributed by atoms with Gasteiger partial charge in [-0.05, 0) is 60.5 Å². The van der Waals surface area contributed by atoms with E-state index in [1.54, 1.807) is 30.6 Å². The minimum absolute atomic E-state index is 0.342. The van der Waals surface area contributed by atoms with Crippen molar-refractivity contribution < 1.29 is 14.3 Å². The fourth-order valence-electron chi connectivity index (χ4n) is 2.88. The van der Waals surface area contributed by atoms with E-state index in [0.717, 1.165) is 28.0 Å². The van der Waals surface area contributed by atoms with Crippen molar-refractivity contribution in [2.24, 2.45) is 0 Å². The lowest BCUT2D eigenvalue weighted by Crippen LogP contribution is -2.39. The lowest BCUT2D eigenvalue weighted by molar-refractivity contribution is -0.139. The highest BCUT2D eigenvalue weighted by molar-refractivity contribution is 7.08. The maximum atomic E-state index is 12.6. The van der Waals surface area contributed by atoms with Gasteiger partial charge in [0.2, 0.25) is 0 Å². The Labute approximate surface area is 169 Å². The number of amides is 2. The van der Waals surface area contributed by atoms with E-state index in [0.29, 0.717) is 18.5 Å². The summed E-state index contributed by atoms with van der Waals surface area (Å²) in [6.45, 7) is 4.35. The Bertz CT molecular complexity index is 1020. The molecule has 0 fully saturated rings. The zero-order chi connectivity index (χ0) is 20.1. The second kappa shape index (κ2) is 8.73. The Morgan fingerprint density at radius 2 is 2.11 bits per heavy atom. The van der Waals surface area contributed by atoms with Crippen LogP contribution in [-0.2, 0) is 9.59 Å². The number of nitrogens with zero attached hydrogens (tertiary/aromatic N) is 1. The number of carbonyl (C=O) groups excluding carboxylic acids is 2. The van der Waals surface area contributed by atoms with Gasteiger partial charge in [-0.1, -0.05) is 24.0 Å². The molecule has 0 bridgehead atoms. The molecule has 0 saturated carbocycles. The van der Waals surface area contributed by atoms with Gasteiger partial charge < -0.3 is 4.74 Å². The average Bonchev–Trinajstić information content (AvgIpc) is 3.21. The Balaban J connectivity index is 1.74. The van der Waals surface area contributed by atoms with Crippen LogP contribution in [-0.4, -0.2) is 30.4 Å². The van der Waals surface area contributed by atoms with Crippen LogP contribution < -0.4 is 4.74 Å². The van der Waals surface area contributed by atoms with Crippen molar-refractivity contribution in [2.75, 3.05) is 13.7 Å². The van der Waals surface area contributed by atoms with E-state index in [1.807, 2.05) is 42.8 Å². The van der Waals surface area contributed by atoms with E-state index in [1.165, 1.54) is 11.0 Å². The van der Waals surface area contributed by atoms with Gasteiger partial charge in [-0.15, -0.1) is 0 Å². The van der Waals surface area contributed by atoms with Gasteiger partial charge in [-0.2, -0.15) is 11.3 Å². The van der Waals surface area contributed by atoms with Crippen LogP contribution in [0.4, 0.5) is 0 Å². The molecule has 5 heteroatoms. The highest BCUT2D eigenvalue weighted by Crippen LogP contribution is 2.24. The Hall–Kier alpha value is -3.10. The number of ether oxygens (including phenoxy) is 1. The number of rotatable bonds is 3. The SMILES string of the molecule is COc1cc(/C=C/C(=O)N2CCC=C(C#Cc3ccsc3)C2=O)cc(C)c1C. The van der Waals surface area contributed by atoms with E-state index in [-0.39, 0.29) is 11.8 Å². The number of imide groups is 1. The van der Waals surface area contributed by atoms with E-state index >= 15 is 0 Å². The fourth-order valence-corrected chi connectivity index (χ4v) is 3.47. The number of hydrogen-bond acceptors (Lipinski definition) is 4. The maximum absolute atomic E-state index is 12.6. The summed E-state index contributed by atoms with van der Waals surface area (Å²) in [6.07, 6.45) is 5.54. The fraction of sp³-hybridized carbons (Fsp3) is 0.217. The molecule has 0 N–H and O–H groups in total. The van der Waals surface area contributed by atoms with Crippen molar-refractivity contribution in [1.82, 2.24) is 4.90 Å². The molecule has 3 rings (SSSR count). The quantitative estimate of drug-likeness (QED) is 0.584. The van der Waals surface area contributed by atoms with Crippen LogP contribution in [0, 0.1) is 25.7 Å². The van der Waals surface area contributed by atoms with Crippen molar-refractivity contribution in [1.29, 1.82) is 0 Å². The van der Waals surface area contributed by atoms with Crippen molar-refractivity contribution in [3.8, 4) is 17.6 Å². The molecular weight excluding hydrogens is 370 g/mol. The Morgan fingerprint density at radius 1 is 1.29 bits per heavy atom. The van der Waals surface area contributed by atoms with Gasteiger partial charge in [-0.3, -0.25) is 14.5 Å². The van der Waals surface area contributed by atoms with E-state index < -0.39 is 0 Å². The molecule has 142 valence electrons. The summed E-state index contributed by atoms with van der Waals surface area (Å²) in [7, 11) is 1.62. The summed E-state index contributed by atoms with van der Waals surface area (Å²) in [4.78, 5) is 26.4. The summed E-state index contributed by atoms with van der Waals surface area (Å²) in [6, 6.07) is 5.76. The van der Waals surface area contributed by atoms with Gasteiger partial charge in [-0.25, -0.2) is 0 Å². The summed E-state index contributed by atoms with van der Waals surface area (Å²) >= 11 is 1.55. The molecular formula is C23H21NO3S. The third kappa shape index (κ3) is 4.41. The third-order valence-corrected chi connectivity index (χ3v) is 5.27. The molecule has 0 aliphatic carbocycles. The average molecular weight is 391 g/mol. The Kier molecular flexibility index (Phi) is 6.13. The van der Waals surface area contributed by atoms with Crippen LogP contribution in [0.5, 0.6) is 5.75 Å². The van der Waals surface area contributed by atoms with E-state index in [4.69, 9.17) is 4.74 Å². The molecule has 0 spiro atoms. The maximum Gasteiger partial charge on any atom is 0.268 e. The van der Waals surface area contributed by atoms with Crippen molar-refractivity contribution in [3.63, 3.8) is 0 Å². The van der Waals surface area contributed by atoms with E-state index in [2.05, 4.69) is 11.8 Å². The van der Waals surface area contributed by atoms with Crippen LogP contribution in [0.1, 0.15) is 28.7 Å². The Morgan fingerprint density at radius 3 is 2.82 bits per heavy atom. The number of thiophene rings is 1. The van der Waals surface area contributed by atoms with Crippen molar-refractivity contribution in [2.45, 2.75) is 20.3 Å². The first-order chi connectivity index (χ1) is 13.5. The van der Waals surface area contributed by atoms with E-state index in [9.17, 15) is 9.59 Å². The topological polar surface area (TPSA) is 46.6 Å². The standard InChI is InChI=1S/C23H21NO3S/c1-16-13-19(14-21(27-3)17(16)2)7-9-22(25)24-11-4-5-20(23(24)26)8-6-18-10-12-28-15-18/h5,7,9-10,12-15H,4,11H2,1-3H3/b9-7+. The normalized spacial score (nSPS) is 13.9. The lowest BCUT2D eigenvalue weighted by Gasteiger charge is -2.22. The largest absolute Gasteiger partial charge is 0.496 e. The van der Waals surface area contributed by atoms with Gasteiger partial charge in [0.25, 0.3) is 11.8 Å². The summed E-state index contributed by atoms with van der Waals surface area (Å²) < 4.78 is 5.37. The van der Waals surface area contributed by atoms with Gasteiger partial charge >= 0.3 is 0 Å². The van der Waals surface area contributed by atoms with Gasteiger partial charge in [0.05, 0.1) is 12.7 Å². The van der Waals surface area contributed by atoms with Crippen LogP contribution >= 0.6 is 11.3 Å². The molecule has 1 aliphatic heterocycles. The second-order valence-corrected chi connectivity index (χ2v) is 7.24. The molecule has 2 heterocycles. The first-order valence-corrected chi connectivity index (χ1v) is 9.87. The van der Waals surface area contributed by atoms with Crippen LogP contribution in [0.25, 0.3) is 6.08 Å².